The summed E-state index contributed by atoms with van der Waals surface area (Å²) in [6.07, 6.45) is -3.23. The number of nitrogens with zero attached hydrogens (tertiary/aromatic N) is 2. The van der Waals surface area contributed by atoms with Gasteiger partial charge in [0.1, 0.15) is 5.75 Å². The van der Waals surface area contributed by atoms with Crippen molar-refractivity contribution in [1.82, 2.24) is 9.80 Å². The van der Waals surface area contributed by atoms with Gasteiger partial charge in [0.05, 0.1) is 0 Å². The fourth-order valence-corrected chi connectivity index (χ4v) is 2.72. The summed E-state index contributed by atoms with van der Waals surface area (Å²) in [5.41, 5.74) is 0.347. The molecule has 0 aromatic heterocycles. The monoisotopic (exact) mass is 360 g/mol. The molecule has 0 bridgehead atoms. The van der Waals surface area contributed by atoms with Gasteiger partial charge in [0.2, 0.25) is 0 Å². The van der Waals surface area contributed by atoms with Crippen molar-refractivity contribution in [2.45, 2.75) is 25.2 Å². The van der Waals surface area contributed by atoms with Crippen LogP contribution in [0.4, 0.5) is 13.2 Å². The third kappa shape index (κ3) is 6.21. The molecule has 1 amide bonds. The average Bonchev–Trinajstić information content (AvgIpc) is 2.55. The predicted molar refractivity (Wildman–Crippen MR) is 86.6 cm³/mol. The number of benzene rings is 1. The van der Waals surface area contributed by atoms with Crippen LogP contribution in [0, 0.1) is 0 Å². The summed E-state index contributed by atoms with van der Waals surface area (Å²) >= 11 is 0. The molecule has 1 aromatic rings. The first-order valence-electron chi connectivity index (χ1n) is 8.15. The molecule has 0 N–H and O–H groups in total. The molecule has 0 unspecified atom stereocenters. The minimum absolute atomic E-state index is 0.0762. The van der Waals surface area contributed by atoms with Crippen LogP contribution in [0.25, 0.3) is 0 Å². The standard InChI is InChI=1S/C17H23F3N2O3/c1-21(2)9-10-22(14-7-11-24-12-8-14)16(23)13-3-5-15(6-4-13)25-17(18,19)20/h3-6,14H,7-12H2,1-2H3. The topological polar surface area (TPSA) is 42.0 Å². The molecule has 1 fully saturated rings. The Bertz CT molecular complexity index is 555. The van der Waals surface area contributed by atoms with E-state index in [-0.39, 0.29) is 17.7 Å². The van der Waals surface area contributed by atoms with Gasteiger partial charge in [-0.15, -0.1) is 13.2 Å². The summed E-state index contributed by atoms with van der Waals surface area (Å²) < 4.78 is 45.9. The zero-order valence-corrected chi connectivity index (χ0v) is 14.4. The highest BCUT2D eigenvalue weighted by molar-refractivity contribution is 5.94. The fourth-order valence-electron chi connectivity index (χ4n) is 2.72. The normalized spacial score (nSPS) is 16.1. The Morgan fingerprint density at radius 3 is 2.28 bits per heavy atom. The lowest BCUT2D eigenvalue weighted by Gasteiger charge is -2.35. The van der Waals surface area contributed by atoms with Gasteiger partial charge in [0.25, 0.3) is 5.91 Å². The lowest BCUT2D eigenvalue weighted by atomic mass is 10.1. The molecule has 0 saturated carbocycles. The van der Waals surface area contributed by atoms with Crippen molar-refractivity contribution in [3.05, 3.63) is 29.8 Å². The number of likely N-dealkylation sites (N-methyl/N-ethyl adjacent to an activating group) is 1. The minimum atomic E-state index is -4.74. The van der Waals surface area contributed by atoms with E-state index in [4.69, 9.17) is 4.74 Å². The average molecular weight is 360 g/mol. The van der Waals surface area contributed by atoms with Gasteiger partial charge < -0.3 is 19.3 Å². The van der Waals surface area contributed by atoms with Crippen LogP contribution in [0.5, 0.6) is 5.75 Å². The quantitative estimate of drug-likeness (QED) is 0.782. The van der Waals surface area contributed by atoms with E-state index in [0.29, 0.717) is 31.9 Å². The molecule has 1 aromatic carbocycles. The van der Waals surface area contributed by atoms with Gasteiger partial charge in [-0.3, -0.25) is 4.79 Å². The molecule has 2 rings (SSSR count). The summed E-state index contributed by atoms with van der Waals surface area (Å²) in [5.74, 6) is -0.526. The van der Waals surface area contributed by atoms with Crippen molar-refractivity contribution < 1.29 is 27.4 Å². The van der Waals surface area contributed by atoms with Gasteiger partial charge in [-0.25, -0.2) is 0 Å². The maximum Gasteiger partial charge on any atom is 0.573 e. The van der Waals surface area contributed by atoms with Gasteiger partial charge in [-0.2, -0.15) is 0 Å². The van der Waals surface area contributed by atoms with Crippen molar-refractivity contribution >= 4 is 5.91 Å². The molecule has 1 aliphatic rings. The minimum Gasteiger partial charge on any atom is -0.406 e. The summed E-state index contributed by atoms with van der Waals surface area (Å²) in [5, 5.41) is 0. The molecule has 0 aliphatic carbocycles. The lowest BCUT2D eigenvalue weighted by molar-refractivity contribution is -0.274. The third-order valence-electron chi connectivity index (χ3n) is 4.02. The second-order valence-electron chi connectivity index (χ2n) is 6.22. The van der Waals surface area contributed by atoms with Crippen molar-refractivity contribution in [3.63, 3.8) is 0 Å². The van der Waals surface area contributed by atoms with Crippen molar-refractivity contribution in [2.24, 2.45) is 0 Å². The summed E-state index contributed by atoms with van der Waals surface area (Å²) in [4.78, 5) is 16.6. The Morgan fingerprint density at radius 2 is 1.76 bits per heavy atom. The van der Waals surface area contributed by atoms with E-state index in [9.17, 15) is 18.0 Å². The van der Waals surface area contributed by atoms with Crippen molar-refractivity contribution in [1.29, 1.82) is 0 Å². The molecule has 5 nitrogen and oxygen atoms in total. The number of ether oxygens (including phenoxy) is 2. The molecule has 1 aliphatic heterocycles. The van der Waals surface area contributed by atoms with Crippen LogP contribution in [-0.4, -0.2) is 68.5 Å². The summed E-state index contributed by atoms with van der Waals surface area (Å²) in [6.45, 7) is 2.47. The van der Waals surface area contributed by atoms with Crippen LogP contribution >= 0.6 is 0 Å². The first kappa shape index (κ1) is 19.5. The Kier molecular flexibility index (Phi) is 6.66. The molecule has 1 saturated heterocycles. The van der Waals surface area contributed by atoms with E-state index in [1.165, 1.54) is 12.1 Å². The molecular weight excluding hydrogens is 337 g/mol. The number of alkyl halides is 3. The highest BCUT2D eigenvalue weighted by Crippen LogP contribution is 2.24. The van der Waals surface area contributed by atoms with E-state index in [0.717, 1.165) is 25.0 Å². The second kappa shape index (κ2) is 8.53. The van der Waals surface area contributed by atoms with Crippen LogP contribution in [0.15, 0.2) is 24.3 Å². The van der Waals surface area contributed by atoms with Crippen LogP contribution in [0.2, 0.25) is 0 Å². The number of hydrogen-bond acceptors (Lipinski definition) is 4. The number of hydrogen-bond donors (Lipinski definition) is 0. The number of rotatable bonds is 6. The van der Waals surface area contributed by atoms with E-state index in [1.807, 2.05) is 19.0 Å². The number of amides is 1. The first-order chi connectivity index (χ1) is 11.8. The molecule has 25 heavy (non-hydrogen) atoms. The van der Waals surface area contributed by atoms with Crippen LogP contribution in [-0.2, 0) is 4.74 Å². The fraction of sp³-hybridized carbons (Fsp3) is 0.588. The maximum absolute atomic E-state index is 12.9. The van der Waals surface area contributed by atoms with Gasteiger partial charge in [-0.1, -0.05) is 0 Å². The zero-order valence-electron chi connectivity index (χ0n) is 14.4. The smallest absolute Gasteiger partial charge is 0.406 e. The molecule has 0 spiro atoms. The number of carbonyl (C=O) groups excluding carboxylic acids is 1. The van der Waals surface area contributed by atoms with Crippen molar-refractivity contribution in [3.8, 4) is 5.75 Å². The third-order valence-corrected chi connectivity index (χ3v) is 4.02. The molecule has 1 heterocycles. The second-order valence-corrected chi connectivity index (χ2v) is 6.22. The first-order valence-corrected chi connectivity index (χ1v) is 8.15. The SMILES string of the molecule is CN(C)CCN(C(=O)c1ccc(OC(F)(F)F)cc1)C1CCOCC1. The molecule has 8 heteroatoms. The van der Waals surface area contributed by atoms with Crippen LogP contribution < -0.4 is 4.74 Å². The Labute approximate surface area is 145 Å². The number of halogens is 3. The van der Waals surface area contributed by atoms with Crippen LogP contribution in [0.1, 0.15) is 23.2 Å². The predicted octanol–water partition coefficient (Wildman–Crippen LogP) is 2.77. The van der Waals surface area contributed by atoms with E-state index < -0.39 is 6.36 Å². The van der Waals surface area contributed by atoms with Crippen molar-refractivity contribution in [2.75, 3.05) is 40.4 Å². The van der Waals surface area contributed by atoms with Gasteiger partial charge in [0, 0.05) is 37.9 Å². The maximum atomic E-state index is 12.9. The summed E-state index contributed by atoms with van der Waals surface area (Å²) in [6, 6.07) is 5.13. The van der Waals surface area contributed by atoms with Gasteiger partial charge >= 0.3 is 6.36 Å². The van der Waals surface area contributed by atoms with E-state index in [2.05, 4.69) is 4.74 Å². The largest absolute Gasteiger partial charge is 0.573 e. The lowest BCUT2D eigenvalue weighted by Crippen LogP contribution is -2.46. The molecule has 140 valence electrons. The summed E-state index contributed by atoms with van der Waals surface area (Å²) in [7, 11) is 3.85. The molecule has 0 atom stereocenters. The van der Waals surface area contributed by atoms with Gasteiger partial charge in [-0.05, 0) is 51.2 Å². The Balaban J connectivity index is 2.11. The number of carbonyl (C=O) groups is 1. The molecular formula is C17H23F3N2O3. The van der Waals surface area contributed by atoms with E-state index in [1.54, 1.807) is 4.90 Å². The van der Waals surface area contributed by atoms with E-state index >= 15 is 0 Å². The highest BCUT2D eigenvalue weighted by atomic mass is 19.4. The highest BCUT2D eigenvalue weighted by Gasteiger charge is 2.31. The Morgan fingerprint density at radius 1 is 1.16 bits per heavy atom. The van der Waals surface area contributed by atoms with Gasteiger partial charge in [0.15, 0.2) is 0 Å². The Hall–Kier alpha value is -1.80. The molecule has 0 radical (unpaired) electrons. The van der Waals surface area contributed by atoms with Crippen LogP contribution in [0.3, 0.4) is 0 Å². The zero-order chi connectivity index (χ0) is 18.4.